The number of benzene rings is 1. The highest BCUT2D eigenvalue weighted by Crippen LogP contribution is 2.27. The number of sulfonamides is 1. The molecule has 104 valence electrons. The van der Waals surface area contributed by atoms with Crippen LogP contribution in [-0.4, -0.2) is 19.5 Å². The highest BCUT2D eigenvalue weighted by atomic mass is 32.2. The monoisotopic (exact) mass is 284 g/mol. The van der Waals surface area contributed by atoms with E-state index in [-0.39, 0.29) is 5.70 Å². The normalized spacial score (nSPS) is 14.6. The average molecular weight is 284 g/mol. The molecular formula is C12H16N2O4S. The van der Waals surface area contributed by atoms with Crippen molar-refractivity contribution in [1.29, 1.82) is 0 Å². The SMILES string of the molecule is CCC(C(N)=C(C(=O)O)S(N)(=O)=O)c1ccccc1. The molecule has 0 bridgehead atoms. The number of primary sulfonamides is 1. The number of carbonyl (C=O) groups is 1. The molecule has 0 radical (unpaired) electrons. The summed E-state index contributed by atoms with van der Waals surface area (Å²) in [5, 5.41) is 13.9. The summed E-state index contributed by atoms with van der Waals surface area (Å²) >= 11 is 0. The van der Waals surface area contributed by atoms with Gasteiger partial charge in [0, 0.05) is 11.6 Å². The molecule has 0 aromatic heterocycles. The van der Waals surface area contributed by atoms with Crippen LogP contribution in [-0.2, 0) is 14.8 Å². The van der Waals surface area contributed by atoms with Gasteiger partial charge in [0.05, 0.1) is 0 Å². The molecule has 1 unspecified atom stereocenters. The number of aliphatic carboxylic acids is 1. The minimum Gasteiger partial charge on any atom is -0.477 e. The van der Waals surface area contributed by atoms with Crippen LogP contribution in [0.3, 0.4) is 0 Å². The van der Waals surface area contributed by atoms with Crippen molar-refractivity contribution in [2.24, 2.45) is 10.9 Å². The molecule has 7 heteroatoms. The summed E-state index contributed by atoms with van der Waals surface area (Å²) in [6, 6.07) is 8.84. The lowest BCUT2D eigenvalue weighted by atomic mass is 9.93. The van der Waals surface area contributed by atoms with Crippen LogP contribution in [0, 0.1) is 0 Å². The van der Waals surface area contributed by atoms with Crippen LogP contribution in [0.1, 0.15) is 24.8 Å². The van der Waals surface area contributed by atoms with Crippen LogP contribution < -0.4 is 10.9 Å². The molecule has 0 saturated carbocycles. The van der Waals surface area contributed by atoms with Crippen molar-refractivity contribution >= 4 is 16.0 Å². The van der Waals surface area contributed by atoms with E-state index in [2.05, 4.69) is 0 Å². The Kier molecular flexibility index (Phi) is 4.68. The molecule has 1 rings (SSSR count). The zero-order chi connectivity index (χ0) is 14.6. The highest BCUT2D eigenvalue weighted by Gasteiger charge is 2.28. The van der Waals surface area contributed by atoms with Crippen molar-refractivity contribution in [1.82, 2.24) is 0 Å². The van der Waals surface area contributed by atoms with Crippen LogP contribution in [0.5, 0.6) is 0 Å². The average Bonchev–Trinajstić information content (AvgIpc) is 2.28. The van der Waals surface area contributed by atoms with Crippen LogP contribution in [0.25, 0.3) is 0 Å². The molecule has 5 N–H and O–H groups in total. The molecule has 19 heavy (non-hydrogen) atoms. The molecule has 0 fully saturated rings. The van der Waals surface area contributed by atoms with E-state index in [0.29, 0.717) is 6.42 Å². The first-order chi connectivity index (χ1) is 8.79. The van der Waals surface area contributed by atoms with Gasteiger partial charge in [0.2, 0.25) is 10.0 Å². The smallest absolute Gasteiger partial charge is 0.350 e. The predicted octanol–water partition coefficient (Wildman–Crippen LogP) is 0.724. The van der Waals surface area contributed by atoms with Gasteiger partial charge in [-0.2, -0.15) is 0 Å². The summed E-state index contributed by atoms with van der Waals surface area (Å²) in [6.07, 6.45) is 0.460. The number of rotatable bonds is 5. The molecule has 1 aromatic rings. The summed E-state index contributed by atoms with van der Waals surface area (Å²) in [5.41, 5.74) is 6.23. The molecule has 0 heterocycles. The van der Waals surface area contributed by atoms with Crippen molar-refractivity contribution in [2.45, 2.75) is 19.3 Å². The minimum absolute atomic E-state index is 0.247. The van der Waals surface area contributed by atoms with E-state index >= 15 is 0 Å². The largest absolute Gasteiger partial charge is 0.477 e. The van der Waals surface area contributed by atoms with Gasteiger partial charge in [-0.15, -0.1) is 0 Å². The molecular weight excluding hydrogens is 268 g/mol. The van der Waals surface area contributed by atoms with Crippen molar-refractivity contribution in [3.63, 3.8) is 0 Å². The van der Waals surface area contributed by atoms with Gasteiger partial charge in [-0.25, -0.2) is 18.4 Å². The van der Waals surface area contributed by atoms with E-state index in [4.69, 9.17) is 16.0 Å². The molecule has 1 aromatic carbocycles. The number of carboxylic acids is 1. The molecule has 1 atom stereocenters. The van der Waals surface area contributed by atoms with Crippen LogP contribution in [0.2, 0.25) is 0 Å². The Labute approximate surface area is 111 Å². The molecule has 6 nitrogen and oxygen atoms in total. The number of allylic oxidation sites excluding steroid dienone is 1. The third-order valence-corrected chi connectivity index (χ3v) is 3.71. The van der Waals surface area contributed by atoms with Gasteiger partial charge in [-0.05, 0) is 12.0 Å². The Bertz CT molecular complexity index is 593. The van der Waals surface area contributed by atoms with Gasteiger partial charge < -0.3 is 10.8 Å². The summed E-state index contributed by atoms with van der Waals surface area (Å²) in [7, 11) is -4.37. The Hall–Kier alpha value is -1.86. The van der Waals surface area contributed by atoms with E-state index in [1.54, 1.807) is 37.3 Å². The number of hydrogen-bond acceptors (Lipinski definition) is 4. The van der Waals surface area contributed by atoms with Gasteiger partial charge in [0.1, 0.15) is 0 Å². The highest BCUT2D eigenvalue weighted by molar-refractivity contribution is 7.94. The second-order valence-electron chi connectivity index (χ2n) is 4.01. The van der Waals surface area contributed by atoms with E-state index < -0.39 is 26.8 Å². The first-order valence-corrected chi connectivity index (χ1v) is 7.14. The lowest BCUT2D eigenvalue weighted by Crippen LogP contribution is -2.27. The molecule has 0 aliphatic rings. The fourth-order valence-corrected chi connectivity index (χ4v) is 2.60. The van der Waals surface area contributed by atoms with Gasteiger partial charge in [-0.3, -0.25) is 0 Å². The Morgan fingerprint density at radius 2 is 1.84 bits per heavy atom. The zero-order valence-corrected chi connectivity index (χ0v) is 11.2. The molecule has 0 aliphatic carbocycles. The van der Waals surface area contributed by atoms with E-state index in [0.717, 1.165) is 5.56 Å². The Balaban J connectivity index is 3.42. The molecule has 0 amide bonds. The second kappa shape index (κ2) is 5.85. The number of carboxylic acid groups (broad SMARTS) is 1. The van der Waals surface area contributed by atoms with Crippen LogP contribution in [0.4, 0.5) is 0 Å². The lowest BCUT2D eigenvalue weighted by Gasteiger charge is -2.17. The maximum absolute atomic E-state index is 11.3. The molecule has 0 aliphatic heterocycles. The van der Waals surface area contributed by atoms with Crippen molar-refractivity contribution in [3.05, 3.63) is 46.5 Å². The second-order valence-corrected chi connectivity index (χ2v) is 5.50. The quantitative estimate of drug-likeness (QED) is 0.687. The fourth-order valence-electron chi connectivity index (χ4n) is 1.89. The van der Waals surface area contributed by atoms with Gasteiger partial charge in [-0.1, -0.05) is 37.3 Å². The fraction of sp³-hybridized carbons (Fsp3) is 0.250. The maximum Gasteiger partial charge on any atom is 0.350 e. The summed E-state index contributed by atoms with van der Waals surface area (Å²) in [6.45, 7) is 1.78. The number of hydrogen-bond donors (Lipinski definition) is 3. The standard InChI is InChI=1S/C12H16N2O4S/c1-2-9(8-6-4-3-5-7-8)10(13)11(12(15)16)19(14,17)18/h3-7,9H,2,13H2,1H3,(H,15,16)(H2,14,17,18). The molecule has 0 saturated heterocycles. The topological polar surface area (TPSA) is 123 Å². The van der Waals surface area contributed by atoms with Gasteiger partial charge in [0.25, 0.3) is 0 Å². The van der Waals surface area contributed by atoms with Crippen LogP contribution >= 0.6 is 0 Å². The van der Waals surface area contributed by atoms with Crippen molar-refractivity contribution in [2.75, 3.05) is 0 Å². The zero-order valence-electron chi connectivity index (χ0n) is 10.4. The number of nitrogens with two attached hydrogens (primary N) is 2. The third-order valence-electron chi connectivity index (χ3n) is 2.73. The van der Waals surface area contributed by atoms with Crippen LogP contribution in [0.15, 0.2) is 40.9 Å². The van der Waals surface area contributed by atoms with Crippen molar-refractivity contribution in [3.8, 4) is 0 Å². The Morgan fingerprint density at radius 3 is 2.21 bits per heavy atom. The van der Waals surface area contributed by atoms with Gasteiger partial charge in [0.15, 0.2) is 4.91 Å². The summed E-state index contributed by atoms with van der Waals surface area (Å²) < 4.78 is 22.7. The molecule has 0 spiro atoms. The van der Waals surface area contributed by atoms with Crippen molar-refractivity contribution < 1.29 is 18.3 Å². The van der Waals surface area contributed by atoms with Gasteiger partial charge >= 0.3 is 5.97 Å². The van der Waals surface area contributed by atoms with E-state index in [9.17, 15) is 13.2 Å². The maximum atomic E-state index is 11.3. The third kappa shape index (κ3) is 3.55. The van der Waals surface area contributed by atoms with E-state index in [1.807, 2.05) is 0 Å². The summed E-state index contributed by atoms with van der Waals surface area (Å²) in [5.74, 6) is -2.15. The predicted molar refractivity (Wildman–Crippen MR) is 71.4 cm³/mol. The van der Waals surface area contributed by atoms with E-state index in [1.165, 1.54) is 0 Å². The first-order valence-electron chi connectivity index (χ1n) is 5.59. The lowest BCUT2D eigenvalue weighted by molar-refractivity contribution is -0.131. The Morgan fingerprint density at radius 1 is 1.32 bits per heavy atom. The summed E-state index contributed by atoms with van der Waals surface area (Å²) in [4.78, 5) is 10.1. The first kappa shape index (κ1) is 15.2. The minimum atomic E-state index is -4.37.